The second-order valence-corrected chi connectivity index (χ2v) is 3.34. The van der Waals surface area contributed by atoms with Crippen LogP contribution in [0.4, 0.5) is 0 Å². The van der Waals surface area contributed by atoms with Crippen molar-refractivity contribution < 1.29 is 14.6 Å². The SMILES string of the molecule is C=C(CN(C)C1CCOC1)C(=O)O. The Hall–Kier alpha value is -0.870. The van der Waals surface area contributed by atoms with Crippen molar-refractivity contribution in [2.45, 2.75) is 12.5 Å². The normalized spacial score (nSPS) is 22.2. The van der Waals surface area contributed by atoms with Crippen LogP contribution in [-0.4, -0.2) is 48.8 Å². The molecule has 0 aliphatic carbocycles. The number of hydrogen-bond donors (Lipinski definition) is 1. The van der Waals surface area contributed by atoms with E-state index in [0.717, 1.165) is 13.0 Å². The van der Waals surface area contributed by atoms with Gasteiger partial charge in [-0.3, -0.25) is 4.90 Å². The van der Waals surface area contributed by atoms with Gasteiger partial charge in [0.15, 0.2) is 0 Å². The monoisotopic (exact) mass is 185 g/mol. The van der Waals surface area contributed by atoms with Gasteiger partial charge in [0.05, 0.1) is 6.61 Å². The Kier molecular flexibility index (Phi) is 3.45. The van der Waals surface area contributed by atoms with Crippen molar-refractivity contribution in [3.8, 4) is 0 Å². The zero-order chi connectivity index (χ0) is 9.84. The first-order valence-electron chi connectivity index (χ1n) is 4.30. The third kappa shape index (κ3) is 2.82. The maximum Gasteiger partial charge on any atom is 0.332 e. The highest BCUT2D eigenvalue weighted by Crippen LogP contribution is 2.11. The van der Waals surface area contributed by atoms with Crippen molar-refractivity contribution >= 4 is 5.97 Å². The van der Waals surface area contributed by atoms with Crippen molar-refractivity contribution in [2.75, 3.05) is 26.8 Å². The molecule has 1 fully saturated rings. The number of nitrogens with zero attached hydrogens (tertiary/aromatic N) is 1. The van der Waals surface area contributed by atoms with Crippen LogP contribution < -0.4 is 0 Å². The maximum atomic E-state index is 10.5. The van der Waals surface area contributed by atoms with Gasteiger partial charge in [0.2, 0.25) is 0 Å². The fraction of sp³-hybridized carbons (Fsp3) is 0.667. The minimum absolute atomic E-state index is 0.231. The van der Waals surface area contributed by atoms with Gasteiger partial charge in [-0.2, -0.15) is 0 Å². The number of likely N-dealkylation sites (N-methyl/N-ethyl adjacent to an activating group) is 1. The molecule has 0 aromatic heterocycles. The first-order chi connectivity index (χ1) is 6.11. The smallest absolute Gasteiger partial charge is 0.332 e. The van der Waals surface area contributed by atoms with Gasteiger partial charge in [-0.15, -0.1) is 0 Å². The molecule has 1 N–H and O–H groups in total. The molecule has 1 rings (SSSR count). The third-order valence-electron chi connectivity index (χ3n) is 2.27. The summed E-state index contributed by atoms with van der Waals surface area (Å²) in [6.45, 7) is 5.36. The molecule has 1 atom stereocenters. The lowest BCUT2D eigenvalue weighted by molar-refractivity contribution is -0.132. The van der Waals surface area contributed by atoms with E-state index in [1.807, 2.05) is 11.9 Å². The minimum Gasteiger partial charge on any atom is -0.478 e. The lowest BCUT2D eigenvalue weighted by Crippen LogP contribution is -2.34. The van der Waals surface area contributed by atoms with Gasteiger partial charge in [-0.25, -0.2) is 4.79 Å². The molecule has 0 aromatic rings. The van der Waals surface area contributed by atoms with Gasteiger partial charge >= 0.3 is 5.97 Å². The van der Waals surface area contributed by atoms with Crippen LogP contribution in [0.2, 0.25) is 0 Å². The fourth-order valence-electron chi connectivity index (χ4n) is 1.37. The molecule has 0 amide bonds. The van der Waals surface area contributed by atoms with E-state index in [2.05, 4.69) is 6.58 Å². The van der Waals surface area contributed by atoms with Gasteiger partial charge in [-0.1, -0.05) is 6.58 Å². The van der Waals surface area contributed by atoms with Gasteiger partial charge < -0.3 is 9.84 Å². The molecule has 1 heterocycles. The molecule has 13 heavy (non-hydrogen) atoms. The first-order valence-corrected chi connectivity index (χ1v) is 4.30. The average Bonchev–Trinajstić information content (AvgIpc) is 2.55. The molecule has 0 bridgehead atoms. The number of carboxylic acid groups (broad SMARTS) is 1. The first kappa shape index (κ1) is 10.2. The Balaban J connectivity index is 2.35. The molecule has 1 saturated heterocycles. The minimum atomic E-state index is -0.925. The van der Waals surface area contributed by atoms with Crippen molar-refractivity contribution in [1.29, 1.82) is 0 Å². The van der Waals surface area contributed by atoms with E-state index in [-0.39, 0.29) is 5.57 Å². The van der Waals surface area contributed by atoms with E-state index in [1.165, 1.54) is 0 Å². The van der Waals surface area contributed by atoms with E-state index in [4.69, 9.17) is 9.84 Å². The summed E-state index contributed by atoms with van der Waals surface area (Å²) in [6.07, 6.45) is 0.976. The summed E-state index contributed by atoms with van der Waals surface area (Å²) in [5, 5.41) is 8.62. The van der Waals surface area contributed by atoms with E-state index in [0.29, 0.717) is 19.2 Å². The van der Waals surface area contributed by atoms with Crippen LogP contribution in [0.5, 0.6) is 0 Å². The summed E-state index contributed by atoms with van der Waals surface area (Å²) >= 11 is 0. The van der Waals surface area contributed by atoms with Crippen LogP contribution >= 0.6 is 0 Å². The Morgan fingerprint density at radius 1 is 1.77 bits per heavy atom. The van der Waals surface area contributed by atoms with E-state index in [1.54, 1.807) is 0 Å². The molecule has 1 aliphatic heterocycles. The molecule has 74 valence electrons. The molecule has 4 nitrogen and oxygen atoms in total. The summed E-state index contributed by atoms with van der Waals surface area (Å²) in [5.41, 5.74) is 0.231. The molecular formula is C9H15NO3. The molecule has 1 aliphatic rings. The predicted octanol–water partition coefficient (Wildman–Crippen LogP) is 0.348. The molecular weight excluding hydrogens is 170 g/mol. The van der Waals surface area contributed by atoms with Crippen molar-refractivity contribution in [3.63, 3.8) is 0 Å². The van der Waals surface area contributed by atoms with Crippen LogP contribution in [0, 0.1) is 0 Å². The number of rotatable bonds is 4. The quantitative estimate of drug-likeness (QED) is 0.642. The summed E-state index contributed by atoms with van der Waals surface area (Å²) in [4.78, 5) is 12.5. The predicted molar refractivity (Wildman–Crippen MR) is 48.6 cm³/mol. The number of carbonyl (C=O) groups is 1. The van der Waals surface area contributed by atoms with Crippen molar-refractivity contribution in [3.05, 3.63) is 12.2 Å². The second kappa shape index (κ2) is 4.39. The number of aliphatic carboxylic acids is 1. The lowest BCUT2D eigenvalue weighted by Gasteiger charge is -2.22. The molecule has 1 unspecified atom stereocenters. The van der Waals surface area contributed by atoms with E-state index < -0.39 is 5.97 Å². The van der Waals surface area contributed by atoms with Crippen LogP contribution in [0.15, 0.2) is 12.2 Å². The van der Waals surface area contributed by atoms with Crippen LogP contribution in [0.25, 0.3) is 0 Å². The summed E-state index contributed by atoms with van der Waals surface area (Å²) in [5.74, 6) is -0.925. The largest absolute Gasteiger partial charge is 0.478 e. The standard InChI is InChI=1S/C9H15NO3/c1-7(9(11)12)5-10(2)8-3-4-13-6-8/h8H,1,3-6H2,2H3,(H,11,12). The lowest BCUT2D eigenvalue weighted by atomic mass is 10.2. The van der Waals surface area contributed by atoms with Crippen LogP contribution in [0.3, 0.4) is 0 Å². The maximum absolute atomic E-state index is 10.5. The van der Waals surface area contributed by atoms with Crippen molar-refractivity contribution in [2.24, 2.45) is 0 Å². The number of ether oxygens (including phenoxy) is 1. The van der Waals surface area contributed by atoms with Gasteiger partial charge in [0, 0.05) is 24.8 Å². The summed E-state index contributed by atoms with van der Waals surface area (Å²) in [7, 11) is 1.90. The van der Waals surface area contributed by atoms with Gasteiger partial charge in [0.25, 0.3) is 0 Å². The topological polar surface area (TPSA) is 49.8 Å². The molecule has 0 aromatic carbocycles. The fourth-order valence-corrected chi connectivity index (χ4v) is 1.37. The Bertz CT molecular complexity index is 209. The molecule has 0 spiro atoms. The van der Waals surface area contributed by atoms with Gasteiger partial charge in [-0.05, 0) is 13.5 Å². The Morgan fingerprint density at radius 2 is 2.46 bits per heavy atom. The highest BCUT2D eigenvalue weighted by molar-refractivity contribution is 5.86. The van der Waals surface area contributed by atoms with Crippen LogP contribution in [0.1, 0.15) is 6.42 Å². The molecule has 0 radical (unpaired) electrons. The Morgan fingerprint density at radius 3 is 2.92 bits per heavy atom. The van der Waals surface area contributed by atoms with Gasteiger partial charge in [0.1, 0.15) is 0 Å². The van der Waals surface area contributed by atoms with E-state index >= 15 is 0 Å². The third-order valence-corrected chi connectivity index (χ3v) is 2.27. The van der Waals surface area contributed by atoms with Crippen LogP contribution in [-0.2, 0) is 9.53 Å². The summed E-state index contributed by atoms with van der Waals surface area (Å²) in [6, 6.07) is 0.344. The van der Waals surface area contributed by atoms with Crippen molar-refractivity contribution in [1.82, 2.24) is 4.90 Å². The second-order valence-electron chi connectivity index (χ2n) is 3.34. The molecule has 0 saturated carbocycles. The zero-order valence-corrected chi connectivity index (χ0v) is 7.82. The highest BCUT2D eigenvalue weighted by Gasteiger charge is 2.21. The van der Waals surface area contributed by atoms with E-state index in [9.17, 15) is 4.79 Å². The Labute approximate surface area is 77.8 Å². The molecule has 4 heteroatoms. The zero-order valence-electron chi connectivity index (χ0n) is 7.82. The number of carboxylic acids is 1. The summed E-state index contributed by atoms with van der Waals surface area (Å²) < 4.78 is 5.20. The number of hydrogen-bond acceptors (Lipinski definition) is 3. The highest BCUT2D eigenvalue weighted by atomic mass is 16.5. The average molecular weight is 185 g/mol.